The Labute approximate surface area is 127 Å². The third kappa shape index (κ3) is 3.53. The Bertz CT molecular complexity index is 551. The molecular weight excluding hydrogens is 256 g/mol. The van der Waals surface area contributed by atoms with Crippen molar-refractivity contribution in [1.82, 2.24) is 5.32 Å². The smallest absolute Gasteiger partial charge is 0.0549 e. The number of rotatable bonds is 5. The molecule has 0 bridgehead atoms. The predicted molar refractivity (Wildman–Crippen MR) is 90.4 cm³/mol. The zero-order valence-electron chi connectivity index (χ0n) is 13.1. The normalized spacial score (nSPS) is 12.2. The first-order chi connectivity index (χ1) is 10.0. The molecule has 2 nitrogen and oxygen atoms in total. The third-order valence-corrected chi connectivity index (χ3v) is 3.96. The topological polar surface area (TPSA) is 38.0 Å². The molecular formula is C19H24N2. The first kappa shape index (κ1) is 15.3. The zero-order valence-corrected chi connectivity index (χ0v) is 13.1. The van der Waals surface area contributed by atoms with E-state index in [-0.39, 0.29) is 12.0 Å². The van der Waals surface area contributed by atoms with E-state index in [9.17, 15) is 0 Å². The van der Waals surface area contributed by atoms with Gasteiger partial charge in [-0.05, 0) is 25.0 Å². The molecule has 2 heteroatoms. The minimum atomic E-state index is -0.166. The van der Waals surface area contributed by atoms with E-state index in [0.717, 1.165) is 5.70 Å². The van der Waals surface area contributed by atoms with Crippen LogP contribution < -0.4 is 11.1 Å². The molecule has 0 aromatic heterocycles. The molecule has 0 aliphatic rings. The van der Waals surface area contributed by atoms with Gasteiger partial charge in [-0.25, -0.2) is 0 Å². The summed E-state index contributed by atoms with van der Waals surface area (Å²) in [5.41, 5.74) is 12.2. The fourth-order valence-electron chi connectivity index (χ4n) is 2.52. The lowest BCUT2D eigenvalue weighted by Crippen LogP contribution is -2.35. The van der Waals surface area contributed by atoms with Crippen LogP contribution in [0.1, 0.15) is 28.2 Å². The molecule has 2 rings (SSSR count). The molecule has 2 aromatic rings. The van der Waals surface area contributed by atoms with Crippen LogP contribution in [0.2, 0.25) is 0 Å². The first-order valence-corrected chi connectivity index (χ1v) is 7.28. The van der Waals surface area contributed by atoms with Crippen LogP contribution in [0.25, 0.3) is 0 Å². The number of nitrogens with one attached hydrogen (secondary N) is 1. The van der Waals surface area contributed by atoms with Gasteiger partial charge in [0, 0.05) is 18.7 Å². The largest absolute Gasteiger partial charge is 0.391 e. The molecule has 1 atom stereocenters. The first-order valence-electron chi connectivity index (χ1n) is 7.28. The van der Waals surface area contributed by atoms with Gasteiger partial charge in [-0.2, -0.15) is 0 Å². The Morgan fingerprint density at radius 1 is 0.905 bits per heavy atom. The lowest BCUT2D eigenvalue weighted by Gasteiger charge is -2.27. The van der Waals surface area contributed by atoms with Gasteiger partial charge in [-0.1, -0.05) is 66.2 Å². The molecule has 21 heavy (non-hydrogen) atoms. The lowest BCUT2D eigenvalue weighted by atomic mass is 9.83. The summed E-state index contributed by atoms with van der Waals surface area (Å²) >= 11 is 0. The maximum absolute atomic E-state index is 6.45. The summed E-state index contributed by atoms with van der Waals surface area (Å²) in [5, 5.41) is 3.09. The van der Waals surface area contributed by atoms with Crippen molar-refractivity contribution < 1.29 is 0 Å². The van der Waals surface area contributed by atoms with Gasteiger partial charge in [-0.3, -0.25) is 0 Å². The predicted octanol–water partition coefficient (Wildman–Crippen LogP) is 3.50. The van der Waals surface area contributed by atoms with Crippen LogP contribution in [0.3, 0.4) is 0 Å². The molecule has 0 fully saturated rings. The Balaban J connectivity index is 2.45. The summed E-state index contributed by atoms with van der Waals surface area (Å²) in [4.78, 5) is 0. The Kier molecular flexibility index (Phi) is 4.81. The fourth-order valence-corrected chi connectivity index (χ4v) is 2.52. The molecule has 0 saturated heterocycles. The SMILES string of the molecule is C=C(NC)[C@@H](N)C(c1ccc(C)cc1)c1ccc(C)cc1. The van der Waals surface area contributed by atoms with E-state index >= 15 is 0 Å². The number of hydrogen-bond donors (Lipinski definition) is 2. The minimum absolute atomic E-state index is 0.103. The summed E-state index contributed by atoms with van der Waals surface area (Å²) in [7, 11) is 1.86. The molecule has 110 valence electrons. The highest BCUT2D eigenvalue weighted by molar-refractivity contribution is 5.39. The van der Waals surface area contributed by atoms with Crippen molar-refractivity contribution in [2.24, 2.45) is 5.73 Å². The van der Waals surface area contributed by atoms with Crippen LogP contribution in [0.15, 0.2) is 60.8 Å². The summed E-state index contributed by atoms with van der Waals surface area (Å²) in [6.07, 6.45) is 0. The number of hydrogen-bond acceptors (Lipinski definition) is 2. The molecule has 0 unspecified atom stereocenters. The van der Waals surface area contributed by atoms with Crippen LogP contribution in [-0.2, 0) is 0 Å². The van der Waals surface area contributed by atoms with E-state index in [1.54, 1.807) is 0 Å². The van der Waals surface area contributed by atoms with Crippen LogP contribution in [0, 0.1) is 13.8 Å². The fraction of sp³-hybridized carbons (Fsp3) is 0.263. The molecule has 0 aliphatic carbocycles. The van der Waals surface area contributed by atoms with E-state index in [4.69, 9.17) is 5.73 Å². The van der Waals surface area contributed by atoms with Gasteiger partial charge in [0.05, 0.1) is 6.04 Å². The third-order valence-electron chi connectivity index (χ3n) is 3.96. The minimum Gasteiger partial charge on any atom is -0.391 e. The number of nitrogens with two attached hydrogens (primary N) is 1. The molecule has 0 spiro atoms. The highest BCUT2D eigenvalue weighted by Gasteiger charge is 2.23. The van der Waals surface area contributed by atoms with Gasteiger partial charge >= 0.3 is 0 Å². The Hall–Kier alpha value is -2.06. The average molecular weight is 280 g/mol. The van der Waals surface area contributed by atoms with Gasteiger partial charge in [0.1, 0.15) is 0 Å². The molecule has 0 amide bonds. The maximum atomic E-state index is 6.45. The molecule has 0 aliphatic heterocycles. The standard InChI is InChI=1S/C19H24N2/c1-13-5-9-16(10-6-13)18(19(20)15(3)21-4)17-11-7-14(2)8-12-17/h5-12,18-19,21H,3,20H2,1-2,4H3/t19-/m1/s1. The number of benzene rings is 2. The number of likely N-dealkylation sites (N-methyl/N-ethyl adjacent to an activating group) is 1. The van der Waals surface area contributed by atoms with Crippen LogP contribution in [0.4, 0.5) is 0 Å². The van der Waals surface area contributed by atoms with Crippen molar-refractivity contribution in [3.8, 4) is 0 Å². The summed E-state index contributed by atoms with van der Waals surface area (Å²) < 4.78 is 0. The van der Waals surface area contributed by atoms with E-state index in [2.05, 4.69) is 74.3 Å². The molecule has 2 aromatic carbocycles. The van der Waals surface area contributed by atoms with E-state index in [1.807, 2.05) is 7.05 Å². The second kappa shape index (κ2) is 6.59. The van der Waals surface area contributed by atoms with Crippen molar-refractivity contribution in [2.75, 3.05) is 7.05 Å². The highest BCUT2D eigenvalue weighted by atomic mass is 14.9. The van der Waals surface area contributed by atoms with Gasteiger partial charge < -0.3 is 11.1 Å². The van der Waals surface area contributed by atoms with E-state index in [1.165, 1.54) is 22.3 Å². The van der Waals surface area contributed by atoms with Gasteiger partial charge in [0.15, 0.2) is 0 Å². The van der Waals surface area contributed by atoms with E-state index < -0.39 is 0 Å². The molecule has 3 N–H and O–H groups in total. The van der Waals surface area contributed by atoms with Crippen LogP contribution >= 0.6 is 0 Å². The lowest BCUT2D eigenvalue weighted by molar-refractivity contribution is 0.634. The molecule has 0 radical (unpaired) electrons. The van der Waals surface area contributed by atoms with Crippen molar-refractivity contribution in [2.45, 2.75) is 25.8 Å². The number of aryl methyl sites for hydroxylation is 2. The summed E-state index contributed by atoms with van der Waals surface area (Å²) in [6, 6.07) is 17.0. The summed E-state index contributed by atoms with van der Waals surface area (Å²) in [6.45, 7) is 8.23. The maximum Gasteiger partial charge on any atom is 0.0549 e. The highest BCUT2D eigenvalue weighted by Crippen LogP contribution is 2.29. The Morgan fingerprint density at radius 3 is 1.62 bits per heavy atom. The monoisotopic (exact) mass is 280 g/mol. The van der Waals surface area contributed by atoms with Gasteiger partial charge in [0.25, 0.3) is 0 Å². The van der Waals surface area contributed by atoms with Gasteiger partial charge in [-0.15, -0.1) is 0 Å². The Morgan fingerprint density at radius 2 is 1.29 bits per heavy atom. The molecule has 0 saturated carbocycles. The van der Waals surface area contributed by atoms with E-state index in [0.29, 0.717) is 0 Å². The second-order valence-electron chi connectivity index (χ2n) is 5.60. The quantitative estimate of drug-likeness (QED) is 0.879. The second-order valence-corrected chi connectivity index (χ2v) is 5.60. The van der Waals surface area contributed by atoms with Crippen molar-refractivity contribution in [3.63, 3.8) is 0 Å². The van der Waals surface area contributed by atoms with Gasteiger partial charge in [0.2, 0.25) is 0 Å². The van der Waals surface area contributed by atoms with Crippen LogP contribution in [0.5, 0.6) is 0 Å². The van der Waals surface area contributed by atoms with Crippen LogP contribution in [-0.4, -0.2) is 13.1 Å². The summed E-state index contributed by atoms with van der Waals surface area (Å²) in [5.74, 6) is 0.103. The van der Waals surface area contributed by atoms with Crippen molar-refractivity contribution >= 4 is 0 Å². The zero-order chi connectivity index (χ0) is 15.4. The average Bonchev–Trinajstić information content (AvgIpc) is 2.50. The van der Waals surface area contributed by atoms with Crippen molar-refractivity contribution in [3.05, 3.63) is 83.1 Å². The molecule has 0 heterocycles. The van der Waals surface area contributed by atoms with Crippen molar-refractivity contribution in [1.29, 1.82) is 0 Å².